The molecule has 0 spiro atoms. The Balaban J connectivity index is 1.86. The molecule has 144 valence electrons. The molecule has 0 aliphatic carbocycles. The number of fused-ring (bicyclic) bond motifs is 1. The van der Waals surface area contributed by atoms with Crippen LogP contribution in [0.3, 0.4) is 0 Å². The summed E-state index contributed by atoms with van der Waals surface area (Å²) in [6.45, 7) is 0. The molecule has 0 N–H and O–H groups in total. The highest BCUT2D eigenvalue weighted by Gasteiger charge is 2.20. The van der Waals surface area contributed by atoms with Crippen molar-refractivity contribution < 1.29 is 18.7 Å². The lowest BCUT2D eigenvalue weighted by Gasteiger charge is -2.09. The van der Waals surface area contributed by atoms with E-state index in [4.69, 9.17) is 13.9 Å². The van der Waals surface area contributed by atoms with Crippen LogP contribution in [-0.2, 0) is 0 Å². The van der Waals surface area contributed by atoms with Gasteiger partial charge < -0.3 is 13.9 Å². The van der Waals surface area contributed by atoms with Gasteiger partial charge in [-0.3, -0.25) is 9.78 Å². The van der Waals surface area contributed by atoms with Crippen LogP contribution in [0.4, 0.5) is 0 Å². The molecule has 0 aliphatic rings. The van der Waals surface area contributed by atoms with Gasteiger partial charge >= 0.3 is 0 Å². The molecular formula is C23H18N2O4. The number of oxazole rings is 1. The van der Waals surface area contributed by atoms with E-state index in [1.807, 2.05) is 30.3 Å². The Hall–Kier alpha value is -3.93. The third-order valence-electron chi connectivity index (χ3n) is 4.41. The molecule has 0 fully saturated rings. The number of hydrogen-bond donors (Lipinski definition) is 0. The number of Topliss-reactive ketones (excluding diaryl/α,β-unsaturated/α-hetero) is 1. The summed E-state index contributed by atoms with van der Waals surface area (Å²) < 4.78 is 16.5. The molecule has 0 bridgehead atoms. The Bertz CT molecular complexity index is 1160. The van der Waals surface area contributed by atoms with Crippen molar-refractivity contribution in [3.63, 3.8) is 0 Å². The summed E-state index contributed by atoms with van der Waals surface area (Å²) in [5, 5.41) is 0. The summed E-state index contributed by atoms with van der Waals surface area (Å²) in [5.74, 6) is 1.17. The van der Waals surface area contributed by atoms with E-state index >= 15 is 0 Å². The number of aromatic nitrogens is 2. The van der Waals surface area contributed by atoms with E-state index in [1.165, 1.54) is 6.20 Å². The van der Waals surface area contributed by atoms with Crippen molar-refractivity contribution >= 4 is 28.5 Å². The summed E-state index contributed by atoms with van der Waals surface area (Å²) in [7, 11) is 3.14. The van der Waals surface area contributed by atoms with Crippen molar-refractivity contribution in [3.05, 3.63) is 84.0 Å². The first-order valence-corrected chi connectivity index (χ1v) is 8.94. The maximum absolute atomic E-state index is 13.2. The second-order valence-corrected chi connectivity index (χ2v) is 6.23. The molecule has 0 unspecified atom stereocenters. The van der Waals surface area contributed by atoms with Crippen molar-refractivity contribution in [2.45, 2.75) is 0 Å². The van der Waals surface area contributed by atoms with Crippen molar-refractivity contribution in [2.75, 3.05) is 14.2 Å². The highest BCUT2D eigenvalue weighted by Crippen LogP contribution is 2.31. The van der Waals surface area contributed by atoms with Crippen molar-refractivity contribution in [1.29, 1.82) is 0 Å². The minimum absolute atomic E-state index is 0.237. The number of benzene rings is 2. The average Bonchev–Trinajstić information content (AvgIpc) is 3.21. The number of ketones is 1. The number of methoxy groups -OCH3 is 2. The maximum Gasteiger partial charge on any atom is 0.231 e. The van der Waals surface area contributed by atoms with E-state index in [1.54, 1.807) is 50.8 Å². The molecule has 0 aliphatic heterocycles. The van der Waals surface area contributed by atoms with E-state index in [0.717, 1.165) is 5.56 Å². The van der Waals surface area contributed by atoms with Gasteiger partial charge in [0.25, 0.3) is 0 Å². The van der Waals surface area contributed by atoms with Crippen LogP contribution in [0.15, 0.2) is 71.4 Å². The van der Waals surface area contributed by atoms with Gasteiger partial charge in [0.05, 0.1) is 19.8 Å². The van der Waals surface area contributed by atoms with Crippen molar-refractivity contribution in [2.24, 2.45) is 0 Å². The second kappa shape index (κ2) is 7.98. The first-order valence-electron chi connectivity index (χ1n) is 8.94. The molecule has 2 aromatic heterocycles. The first-order chi connectivity index (χ1) is 14.2. The van der Waals surface area contributed by atoms with E-state index in [-0.39, 0.29) is 11.7 Å². The third kappa shape index (κ3) is 3.73. The summed E-state index contributed by atoms with van der Waals surface area (Å²) in [6, 6.07) is 16.2. The zero-order valence-corrected chi connectivity index (χ0v) is 16.0. The zero-order valence-electron chi connectivity index (χ0n) is 16.0. The molecule has 6 nitrogen and oxygen atoms in total. The number of pyridine rings is 1. The largest absolute Gasteiger partial charge is 0.493 e. The number of carbonyl (C=O) groups is 1. The fourth-order valence-electron chi connectivity index (χ4n) is 2.97. The molecular weight excluding hydrogens is 368 g/mol. The van der Waals surface area contributed by atoms with Gasteiger partial charge in [-0.25, -0.2) is 4.98 Å². The monoisotopic (exact) mass is 386 g/mol. The summed E-state index contributed by atoms with van der Waals surface area (Å²) in [4.78, 5) is 21.8. The highest BCUT2D eigenvalue weighted by molar-refractivity contribution is 6.31. The molecule has 29 heavy (non-hydrogen) atoms. The topological polar surface area (TPSA) is 74.5 Å². The Morgan fingerprint density at radius 3 is 2.55 bits per heavy atom. The van der Waals surface area contributed by atoms with Crippen LogP contribution in [0.25, 0.3) is 22.7 Å². The van der Waals surface area contributed by atoms with Crippen molar-refractivity contribution in [3.8, 4) is 11.5 Å². The molecule has 2 aromatic carbocycles. The SMILES string of the molecule is COc1ccc(/C=C(\C(=O)c2cccnc2)c2nc3ccccc3o2)cc1OC. The summed E-state index contributed by atoms with van der Waals surface area (Å²) in [6.07, 6.45) is 4.86. The van der Waals surface area contributed by atoms with Gasteiger partial charge in [0.2, 0.25) is 5.89 Å². The fourth-order valence-corrected chi connectivity index (χ4v) is 2.97. The van der Waals surface area contributed by atoms with E-state index in [0.29, 0.717) is 33.7 Å². The molecule has 4 rings (SSSR count). The predicted octanol–water partition coefficient (Wildman–Crippen LogP) is 4.66. The number of para-hydroxylation sites is 2. The van der Waals surface area contributed by atoms with Crippen LogP contribution >= 0.6 is 0 Å². The number of carbonyl (C=O) groups excluding carboxylic acids is 1. The van der Waals surface area contributed by atoms with E-state index in [2.05, 4.69) is 9.97 Å². The smallest absolute Gasteiger partial charge is 0.231 e. The number of ether oxygens (including phenoxy) is 2. The molecule has 6 heteroatoms. The molecule has 0 amide bonds. The van der Waals surface area contributed by atoms with Gasteiger partial charge in [0, 0.05) is 18.0 Å². The Kier molecular flexibility index (Phi) is 5.07. The lowest BCUT2D eigenvalue weighted by Crippen LogP contribution is -2.03. The average molecular weight is 386 g/mol. The Morgan fingerprint density at radius 1 is 1.00 bits per heavy atom. The van der Waals surface area contributed by atoms with Gasteiger partial charge in [0.15, 0.2) is 22.9 Å². The predicted molar refractivity (Wildman–Crippen MR) is 110 cm³/mol. The van der Waals surface area contributed by atoms with Crippen LogP contribution in [0, 0.1) is 0 Å². The number of hydrogen-bond acceptors (Lipinski definition) is 6. The van der Waals surface area contributed by atoms with Crippen LogP contribution in [0.1, 0.15) is 21.8 Å². The molecule has 0 atom stereocenters. The van der Waals surface area contributed by atoms with Gasteiger partial charge in [-0.1, -0.05) is 18.2 Å². The zero-order chi connectivity index (χ0) is 20.2. The molecule has 4 aromatic rings. The lowest BCUT2D eigenvalue weighted by molar-refractivity contribution is 0.105. The highest BCUT2D eigenvalue weighted by atomic mass is 16.5. The maximum atomic E-state index is 13.2. The fraction of sp³-hybridized carbons (Fsp3) is 0.0870. The summed E-state index contributed by atoms with van der Waals surface area (Å²) >= 11 is 0. The van der Waals surface area contributed by atoms with Gasteiger partial charge in [0.1, 0.15) is 5.52 Å². The first kappa shape index (κ1) is 18.4. The molecule has 0 saturated heterocycles. The van der Waals surface area contributed by atoms with Crippen LogP contribution in [0.2, 0.25) is 0 Å². The van der Waals surface area contributed by atoms with E-state index in [9.17, 15) is 4.79 Å². The molecule has 0 saturated carbocycles. The minimum atomic E-state index is -0.237. The third-order valence-corrected chi connectivity index (χ3v) is 4.41. The number of nitrogens with zero attached hydrogens (tertiary/aromatic N) is 2. The lowest BCUT2D eigenvalue weighted by atomic mass is 10.0. The van der Waals surface area contributed by atoms with Crippen molar-refractivity contribution in [1.82, 2.24) is 9.97 Å². The normalized spacial score (nSPS) is 11.4. The quantitative estimate of drug-likeness (QED) is 0.354. The number of rotatable bonds is 6. The molecule has 2 heterocycles. The van der Waals surface area contributed by atoms with E-state index < -0.39 is 0 Å². The van der Waals surface area contributed by atoms with Gasteiger partial charge in [-0.05, 0) is 48.0 Å². The van der Waals surface area contributed by atoms with Crippen LogP contribution < -0.4 is 9.47 Å². The Labute approximate surface area is 167 Å². The minimum Gasteiger partial charge on any atom is -0.493 e. The second-order valence-electron chi connectivity index (χ2n) is 6.23. The van der Waals surface area contributed by atoms with Gasteiger partial charge in [-0.2, -0.15) is 0 Å². The molecule has 0 radical (unpaired) electrons. The standard InChI is InChI=1S/C23H18N2O4/c1-27-20-10-9-15(13-21(20)28-2)12-17(22(26)16-6-5-11-24-14-16)23-25-18-7-3-4-8-19(18)29-23/h3-14H,1-2H3/b17-12+. The van der Waals surface area contributed by atoms with Crippen LogP contribution in [0.5, 0.6) is 11.5 Å². The van der Waals surface area contributed by atoms with Gasteiger partial charge in [-0.15, -0.1) is 0 Å². The summed E-state index contributed by atoms with van der Waals surface area (Å²) in [5.41, 5.74) is 2.81. The number of allylic oxidation sites excluding steroid dienone is 1. The van der Waals surface area contributed by atoms with Crippen LogP contribution in [-0.4, -0.2) is 30.0 Å². The Morgan fingerprint density at radius 2 is 1.83 bits per heavy atom.